The number of anilines is 1. The van der Waals surface area contributed by atoms with Crippen molar-refractivity contribution in [3.8, 4) is 0 Å². The SMILES string of the molecule is OC[C@@H]1[C@@H](O)[C@H](O)[C@@H](O)CN1CC1(F)CCN(c2ccccc2)CC1. The Morgan fingerprint density at radius 1 is 1.04 bits per heavy atom. The van der Waals surface area contributed by atoms with Crippen LogP contribution in [0.2, 0.25) is 0 Å². The number of para-hydroxylation sites is 1. The molecule has 2 heterocycles. The van der Waals surface area contributed by atoms with Crippen molar-refractivity contribution in [1.29, 1.82) is 0 Å². The Kier molecular flexibility index (Phi) is 5.60. The largest absolute Gasteiger partial charge is 0.395 e. The predicted octanol–water partition coefficient (Wildman–Crippen LogP) is -0.246. The minimum Gasteiger partial charge on any atom is -0.395 e. The average Bonchev–Trinajstić information content (AvgIpc) is 2.61. The zero-order chi connectivity index (χ0) is 18.0. The van der Waals surface area contributed by atoms with E-state index in [4.69, 9.17) is 0 Å². The van der Waals surface area contributed by atoms with Gasteiger partial charge >= 0.3 is 0 Å². The molecule has 4 N–H and O–H groups in total. The number of piperidine rings is 2. The number of aliphatic hydroxyl groups is 4. The van der Waals surface area contributed by atoms with Crippen LogP contribution in [0.15, 0.2) is 30.3 Å². The first-order valence-corrected chi connectivity index (χ1v) is 8.81. The quantitative estimate of drug-likeness (QED) is 0.597. The number of likely N-dealkylation sites (tertiary alicyclic amines) is 1. The molecular weight excluding hydrogens is 327 g/mol. The fourth-order valence-electron chi connectivity index (χ4n) is 3.89. The molecule has 2 aliphatic rings. The molecule has 0 saturated carbocycles. The molecule has 7 heteroatoms. The van der Waals surface area contributed by atoms with Crippen molar-refractivity contribution in [3.63, 3.8) is 0 Å². The number of β-amino-alcohol motifs (C(OH)–C–C–N with tert-alkyl or cyclic N) is 1. The smallest absolute Gasteiger partial charge is 0.127 e. The molecule has 2 aliphatic heterocycles. The molecule has 25 heavy (non-hydrogen) atoms. The molecule has 140 valence electrons. The van der Waals surface area contributed by atoms with Crippen LogP contribution in [0, 0.1) is 0 Å². The summed E-state index contributed by atoms with van der Waals surface area (Å²) < 4.78 is 15.3. The molecule has 4 atom stereocenters. The first kappa shape index (κ1) is 18.5. The lowest BCUT2D eigenvalue weighted by Gasteiger charge is -2.47. The van der Waals surface area contributed by atoms with Gasteiger partial charge in [-0.25, -0.2) is 4.39 Å². The highest BCUT2D eigenvalue weighted by atomic mass is 19.1. The van der Waals surface area contributed by atoms with E-state index in [0.29, 0.717) is 25.9 Å². The van der Waals surface area contributed by atoms with E-state index in [-0.39, 0.29) is 13.1 Å². The van der Waals surface area contributed by atoms with Crippen molar-refractivity contribution < 1.29 is 24.8 Å². The van der Waals surface area contributed by atoms with Crippen LogP contribution >= 0.6 is 0 Å². The lowest BCUT2D eigenvalue weighted by atomic mass is 9.88. The van der Waals surface area contributed by atoms with Gasteiger partial charge in [-0.3, -0.25) is 4.90 Å². The minimum atomic E-state index is -1.44. The van der Waals surface area contributed by atoms with Gasteiger partial charge in [0, 0.05) is 44.7 Å². The summed E-state index contributed by atoms with van der Waals surface area (Å²) in [6, 6.07) is 9.11. The molecule has 0 bridgehead atoms. The Labute approximate surface area is 147 Å². The molecule has 3 rings (SSSR count). The third kappa shape index (κ3) is 3.96. The maximum atomic E-state index is 15.3. The highest BCUT2D eigenvalue weighted by Crippen LogP contribution is 2.32. The van der Waals surface area contributed by atoms with E-state index < -0.39 is 36.6 Å². The summed E-state index contributed by atoms with van der Waals surface area (Å²) in [5, 5.41) is 39.2. The summed E-state index contributed by atoms with van der Waals surface area (Å²) >= 11 is 0. The fraction of sp³-hybridized carbons (Fsp3) is 0.667. The maximum absolute atomic E-state index is 15.3. The summed E-state index contributed by atoms with van der Waals surface area (Å²) in [7, 11) is 0. The first-order valence-electron chi connectivity index (χ1n) is 8.81. The molecule has 6 nitrogen and oxygen atoms in total. The van der Waals surface area contributed by atoms with Gasteiger partial charge in [-0.1, -0.05) is 18.2 Å². The molecule has 2 saturated heterocycles. The lowest BCUT2D eigenvalue weighted by Crippen LogP contribution is -2.65. The Bertz CT molecular complexity index is 553. The van der Waals surface area contributed by atoms with Crippen molar-refractivity contribution in [2.24, 2.45) is 0 Å². The highest BCUT2D eigenvalue weighted by molar-refractivity contribution is 5.46. The van der Waals surface area contributed by atoms with Crippen molar-refractivity contribution in [2.45, 2.75) is 42.9 Å². The maximum Gasteiger partial charge on any atom is 0.127 e. The second-order valence-electron chi connectivity index (χ2n) is 7.20. The van der Waals surface area contributed by atoms with Crippen molar-refractivity contribution in [1.82, 2.24) is 4.90 Å². The molecule has 1 aromatic rings. The number of halogens is 1. The summed E-state index contributed by atoms with van der Waals surface area (Å²) in [6.45, 7) is 0.855. The van der Waals surface area contributed by atoms with Gasteiger partial charge < -0.3 is 25.3 Å². The van der Waals surface area contributed by atoms with Gasteiger partial charge in [0.15, 0.2) is 0 Å². The van der Waals surface area contributed by atoms with Crippen LogP contribution in [0.5, 0.6) is 0 Å². The van der Waals surface area contributed by atoms with E-state index >= 15 is 4.39 Å². The van der Waals surface area contributed by atoms with E-state index in [1.807, 2.05) is 30.3 Å². The summed E-state index contributed by atoms with van der Waals surface area (Å²) in [4.78, 5) is 3.71. The second-order valence-corrected chi connectivity index (χ2v) is 7.20. The molecule has 0 radical (unpaired) electrons. The highest BCUT2D eigenvalue weighted by Gasteiger charge is 2.45. The zero-order valence-electron chi connectivity index (χ0n) is 14.2. The topological polar surface area (TPSA) is 87.4 Å². The number of rotatable bonds is 4. The third-order valence-corrected chi connectivity index (χ3v) is 5.48. The second kappa shape index (κ2) is 7.55. The predicted molar refractivity (Wildman–Crippen MR) is 92.2 cm³/mol. The number of nitrogens with zero attached hydrogens (tertiary/aromatic N) is 2. The van der Waals surface area contributed by atoms with Crippen LogP contribution in [-0.4, -0.2) is 88.1 Å². The van der Waals surface area contributed by atoms with Gasteiger partial charge in [0.25, 0.3) is 0 Å². The average molecular weight is 354 g/mol. The van der Waals surface area contributed by atoms with Gasteiger partial charge in [-0.05, 0) is 12.1 Å². The van der Waals surface area contributed by atoms with E-state index in [9.17, 15) is 20.4 Å². The molecule has 0 amide bonds. The Morgan fingerprint density at radius 3 is 2.28 bits per heavy atom. The number of alkyl halides is 1. The number of hydrogen-bond acceptors (Lipinski definition) is 6. The third-order valence-electron chi connectivity index (χ3n) is 5.48. The monoisotopic (exact) mass is 354 g/mol. The molecular formula is C18H27FN2O4. The molecule has 0 aromatic heterocycles. The van der Waals surface area contributed by atoms with Crippen molar-refractivity contribution in [3.05, 3.63) is 30.3 Å². The number of hydrogen-bond donors (Lipinski definition) is 4. The summed E-state index contributed by atoms with van der Waals surface area (Å²) in [5.74, 6) is 0. The Hall–Kier alpha value is -1.25. The van der Waals surface area contributed by atoms with Crippen molar-refractivity contribution >= 4 is 5.69 Å². The van der Waals surface area contributed by atoms with Crippen LogP contribution in [0.3, 0.4) is 0 Å². The first-order chi connectivity index (χ1) is 11.9. The molecule has 1 aromatic carbocycles. The number of benzene rings is 1. The standard InChI is InChI=1S/C18H27FN2O4/c19-18(6-8-20(9-7-18)13-4-2-1-3-5-13)12-21-10-15(23)17(25)16(24)14(21)11-22/h1-5,14-17,22-25H,6-12H2/t14-,15+,16-,17-/m1/s1. The zero-order valence-corrected chi connectivity index (χ0v) is 14.2. The number of aliphatic hydroxyl groups excluding tert-OH is 4. The molecule has 2 fully saturated rings. The molecule has 0 unspecified atom stereocenters. The fourth-order valence-corrected chi connectivity index (χ4v) is 3.89. The summed E-state index contributed by atoms with van der Waals surface area (Å²) in [6.07, 6.45) is -3.08. The van der Waals surface area contributed by atoms with E-state index in [1.165, 1.54) is 0 Å². The molecule has 0 aliphatic carbocycles. The normalized spacial score (nSPS) is 33.4. The van der Waals surface area contributed by atoms with Gasteiger partial charge in [-0.2, -0.15) is 0 Å². The summed E-state index contributed by atoms with van der Waals surface area (Å²) in [5.41, 5.74) is -0.370. The van der Waals surface area contributed by atoms with E-state index in [2.05, 4.69) is 4.90 Å². The van der Waals surface area contributed by atoms with Gasteiger partial charge in [0.05, 0.1) is 18.8 Å². The van der Waals surface area contributed by atoms with Crippen molar-refractivity contribution in [2.75, 3.05) is 37.7 Å². The van der Waals surface area contributed by atoms with Gasteiger partial charge in [-0.15, -0.1) is 0 Å². The molecule has 0 spiro atoms. The van der Waals surface area contributed by atoms with Crippen LogP contribution < -0.4 is 4.90 Å². The van der Waals surface area contributed by atoms with Crippen LogP contribution in [-0.2, 0) is 0 Å². The van der Waals surface area contributed by atoms with Gasteiger partial charge in [0.2, 0.25) is 0 Å². The Balaban J connectivity index is 1.62. The lowest BCUT2D eigenvalue weighted by molar-refractivity contribution is -0.153. The van der Waals surface area contributed by atoms with E-state index in [1.54, 1.807) is 4.90 Å². The van der Waals surface area contributed by atoms with Gasteiger partial charge in [0.1, 0.15) is 17.9 Å². The van der Waals surface area contributed by atoms with E-state index in [0.717, 1.165) is 5.69 Å². The van der Waals surface area contributed by atoms with Crippen LogP contribution in [0.25, 0.3) is 0 Å². The minimum absolute atomic E-state index is 0.0295. The Morgan fingerprint density at radius 2 is 1.68 bits per heavy atom. The van der Waals surface area contributed by atoms with Crippen LogP contribution in [0.4, 0.5) is 10.1 Å². The van der Waals surface area contributed by atoms with Crippen LogP contribution in [0.1, 0.15) is 12.8 Å².